The number of rotatable bonds is 4. The molecule has 0 fully saturated rings. The van der Waals surface area contributed by atoms with Crippen molar-refractivity contribution >= 4 is 32.7 Å². The number of halogens is 3. The molecule has 2 aromatic rings. The molecular weight excluding hydrogens is 366 g/mol. The van der Waals surface area contributed by atoms with Crippen molar-refractivity contribution < 1.29 is 22.9 Å². The van der Waals surface area contributed by atoms with Gasteiger partial charge in [-0.25, -0.2) is 13.6 Å². The van der Waals surface area contributed by atoms with E-state index in [1.807, 2.05) is 0 Å². The molecule has 1 unspecified atom stereocenters. The van der Waals surface area contributed by atoms with Crippen molar-refractivity contribution in [3.05, 3.63) is 63.6 Å². The molecule has 0 amide bonds. The molecule has 0 saturated heterocycles. The Kier molecular flexibility index (Phi) is 4.84. The maximum absolute atomic E-state index is 13.1. The summed E-state index contributed by atoms with van der Waals surface area (Å²) in [5, 5.41) is 9.01. The van der Waals surface area contributed by atoms with Crippen LogP contribution in [-0.2, 0) is 16.6 Å². The van der Waals surface area contributed by atoms with Gasteiger partial charge in [-0.05, 0) is 51.8 Å². The summed E-state index contributed by atoms with van der Waals surface area (Å²) in [7, 11) is -1.60. The average molecular weight is 375 g/mol. The predicted molar refractivity (Wildman–Crippen MR) is 77.6 cm³/mol. The number of carboxylic acids is 1. The molecule has 0 heterocycles. The Balaban J connectivity index is 2.28. The molecule has 0 bridgehead atoms. The molecule has 3 nitrogen and oxygen atoms in total. The zero-order chi connectivity index (χ0) is 15.6. The maximum atomic E-state index is 13.1. The van der Waals surface area contributed by atoms with Crippen LogP contribution < -0.4 is 0 Å². The molecule has 0 aromatic heterocycles. The number of benzene rings is 2. The summed E-state index contributed by atoms with van der Waals surface area (Å²) in [4.78, 5) is 11.3. The topological polar surface area (TPSA) is 54.4 Å². The monoisotopic (exact) mass is 374 g/mol. The molecule has 1 atom stereocenters. The van der Waals surface area contributed by atoms with E-state index in [9.17, 15) is 17.8 Å². The average Bonchev–Trinajstić information content (AvgIpc) is 2.37. The Morgan fingerprint density at radius 2 is 1.76 bits per heavy atom. The Labute approximate surface area is 130 Å². The summed E-state index contributed by atoms with van der Waals surface area (Å²) >= 11 is 3.09. The van der Waals surface area contributed by atoms with Gasteiger partial charge in [-0.3, -0.25) is 4.21 Å². The predicted octanol–water partition coefficient (Wildman–Crippen LogP) is 3.73. The van der Waals surface area contributed by atoms with Crippen LogP contribution in [0, 0.1) is 11.6 Å². The van der Waals surface area contributed by atoms with Gasteiger partial charge in [0.15, 0.2) is 0 Å². The number of carboxylic acid groups (broad SMARTS) is 1. The Morgan fingerprint density at radius 3 is 2.33 bits per heavy atom. The van der Waals surface area contributed by atoms with Crippen molar-refractivity contribution in [3.8, 4) is 0 Å². The highest BCUT2D eigenvalue weighted by molar-refractivity contribution is 9.10. The first-order chi connectivity index (χ1) is 9.86. The second-order valence-corrected chi connectivity index (χ2v) is 6.52. The van der Waals surface area contributed by atoms with Gasteiger partial charge in [-0.1, -0.05) is 0 Å². The second kappa shape index (κ2) is 6.44. The van der Waals surface area contributed by atoms with E-state index in [0.717, 1.165) is 18.2 Å². The van der Waals surface area contributed by atoms with Gasteiger partial charge in [-0.15, -0.1) is 0 Å². The van der Waals surface area contributed by atoms with Crippen LogP contribution in [0.4, 0.5) is 8.78 Å². The van der Waals surface area contributed by atoms with Crippen molar-refractivity contribution in [1.82, 2.24) is 0 Å². The first kappa shape index (κ1) is 15.8. The first-order valence-corrected chi connectivity index (χ1v) is 7.84. The van der Waals surface area contributed by atoms with E-state index in [-0.39, 0.29) is 21.8 Å². The normalized spacial score (nSPS) is 12.1. The Morgan fingerprint density at radius 1 is 1.14 bits per heavy atom. The molecule has 0 aliphatic rings. The van der Waals surface area contributed by atoms with Gasteiger partial charge in [0.2, 0.25) is 0 Å². The zero-order valence-electron chi connectivity index (χ0n) is 10.5. The molecule has 0 spiro atoms. The van der Waals surface area contributed by atoms with E-state index in [4.69, 9.17) is 5.11 Å². The van der Waals surface area contributed by atoms with Crippen LogP contribution in [-0.4, -0.2) is 15.3 Å². The van der Waals surface area contributed by atoms with E-state index in [2.05, 4.69) is 15.9 Å². The van der Waals surface area contributed by atoms with Crippen LogP contribution in [0.2, 0.25) is 0 Å². The summed E-state index contributed by atoms with van der Waals surface area (Å²) in [6.07, 6.45) is 0. The van der Waals surface area contributed by atoms with Gasteiger partial charge in [-0.2, -0.15) is 0 Å². The Bertz CT molecular complexity index is 714. The summed E-state index contributed by atoms with van der Waals surface area (Å²) in [6.45, 7) is 0. The van der Waals surface area contributed by atoms with Crippen LogP contribution in [0.5, 0.6) is 0 Å². The van der Waals surface area contributed by atoms with E-state index >= 15 is 0 Å². The lowest BCUT2D eigenvalue weighted by Gasteiger charge is -2.06. The highest BCUT2D eigenvalue weighted by atomic mass is 79.9. The highest BCUT2D eigenvalue weighted by Crippen LogP contribution is 2.22. The summed E-state index contributed by atoms with van der Waals surface area (Å²) in [5.41, 5.74) is 0.219. The van der Waals surface area contributed by atoms with Crippen LogP contribution in [0.1, 0.15) is 15.9 Å². The van der Waals surface area contributed by atoms with Crippen molar-refractivity contribution in [3.63, 3.8) is 0 Å². The minimum Gasteiger partial charge on any atom is -0.478 e. The van der Waals surface area contributed by atoms with E-state index < -0.39 is 28.4 Å². The van der Waals surface area contributed by atoms with Crippen LogP contribution in [0.15, 0.2) is 45.8 Å². The molecule has 0 aliphatic heterocycles. The highest BCUT2D eigenvalue weighted by Gasteiger charge is 2.13. The molecule has 1 N–H and O–H groups in total. The van der Waals surface area contributed by atoms with Gasteiger partial charge < -0.3 is 5.11 Å². The summed E-state index contributed by atoms with van der Waals surface area (Å²) in [5.74, 6) is -2.75. The van der Waals surface area contributed by atoms with Crippen molar-refractivity contribution in [2.24, 2.45) is 0 Å². The third kappa shape index (κ3) is 3.95. The minimum absolute atomic E-state index is 0.0220. The van der Waals surface area contributed by atoms with Gasteiger partial charge >= 0.3 is 5.97 Å². The van der Waals surface area contributed by atoms with Gasteiger partial charge in [0.25, 0.3) is 0 Å². The first-order valence-electron chi connectivity index (χ1n) is 5.73. The van der Waals surface area contributed by atoms with Gasteiger partial charge in [0.05, 0.1) is 22.1 Å². The lowest BCUT2D eigenvalue weighted by Crippen LogP contribution is -2.02. The van der Waals surface area contributed by atoms with Crippen LogP contribution >= 0.6 is 15.9 Å². The van der Waals surface area contributed by atoms with E-state index in [0.29, 0.717) is 4.47 Å². The summed E-state index contributed by atoms with van der Waals surface area (Å²) in [6, 6.07) is 7.17. The zero-order valence-corrected chi connectivity index (χ0v) is 12.9. The fraction of sp³-hybridized carbons (Fsp3) is 0.0714. The van der Waals surface area contributed by atoms with E-state index in [1.54, 1.807) is 0 Å². The van der Waals surface area contributed by atoms with E-state index in [1.165, 1.54) is 18.2 Å². The van der Waals surface area contributed by atoms with Crippen molar-refractivity contribution in [2.45, 2.75) is 10.6 Å². The molecule has 0 saturated carbocycles. The van der Waals surface area contributed by atoms with Crippen molar-refractivity contribution in [1.29, 1.82) is 0 Å². The third-order valence-corrected chi connectivity index (χ3v) is 4.72. The largest absolute Gasteiger partial charge is 0.478 e. The molecule has 110 valence electrons. The molecular formula is C14H9BrF2O3S. The third-order valence-electron chi connectivity index (χ3n) is 2.65. The van der Waals surface area contributed by atoms with Crippen LogP contribution in [0.3, 0.4) is 0 Å². The number of hydrogen-bond donors (Lipinski definition) is 1. The summed E-state index contributed by atoms with van der Waals surface area (Å²) < 4.78 is 38.7. The molecule has 2 rings (SSSR count). The van der Waals surface area contributed by atoms with Gasteiger partial charge in [0.1, 0.15) is 11.6 Å². The van der Waals surface area contributed by atoms with Crippen LogP contribution in [0.25, 0.3) is 0 Å². The van der Waals surface area contributed by atoms with Gasteiger partial charge in [0, 0.05) is 15.4 Å². The number of carbonyl (C=O) groups is 1. The number of hydrogen-bond acceptors (Lipinski definition) is 2. The molecule has 0 aliphatic carbocycles. The standard InChI is InChI=1S/C14H9BrF2O3S/c15-13-2-1-11(6-12(13)14(18)19)21(20)7-8-3-9(16)5-10(17)4-8/h1-6H,7H2,(H,18,19). The quantitative estimate of drug-likeness (QED) is 0.886. The smallest absolute Gasteiger partial charge is 0.336 e. The molecule has 21 heavy (non-hydrogen) atoms. The Hall–Kier alpha value is -1.60. The lowest BCUT2D eigenvalue weighted by molar-refractivity contribution is 0.0695. The molecule has 0 radical (unpaired) electrons. The fourth-order valence-electron chi connectivity index (χ4n) is 1.74. The lowest BCUT2D eigenvalue weighted by atomic mass is 10.2. The fourth-order valence-corrected chi connectivity index (χ4v) is 3.26. The molecule has 2 aromatic carbocycles. The van der Waals surface area contributed by atoms with Crippen molar-refractivity contribution in [2.75, 3.05) is 0 Å². The molecule has 7 heteroatoms. The minimum atomic E-state index is -1.60. The SMILES string of the molecule is O=C(O)c1cc(S(=O)Cc2cc(F)cc(F)c2)ccc1Br. The maximum Gasteiger partial charge on any atom is 0.336 e. The number of aromatic carboxylic acids is 1. The second-order valence-electron chi connectivity index (χ2n) is 4.21.